The van der Waals surface area contributed by atoms with Crippen molar-refractivity contribution in [1.82, 2.24) is 9.80 Å². The molecule has 2 fully saturated rings. The zero-order valence-corrected chi connectivity index (χ0v) is 51.1. The van der Waals surface area contributed by atoms with Crippen LogP contribution in [0.2, 0.25) is 0 Å². The number of alkyl halides is 1. The van der Waals surface area contributed by atoms with Gasteiger partial charge in [0.15, 0.2) is 36.6 Å². The van der Waals surface area contributed by atoms with Crippen LogP contribution in [0.5, 0.6) is 0 Å². The molecule has 0 spiro atoms. The summed E-state index contributed by atoms with van der Waals surface area (Å²) in [7, 11) is 0. The molecular formula is C59H87BrClN3O17. The Labute approximate surface area is 492 Å². The second-order valence-corrected chi connectivity index (χ2v) is 20.7. The number of quaternary nitrogens is 1. The van der Waals surface area contributed by atoms with Crippen LogP contribution in [-0.4, -0.2) is 172 Å². The number of nitrogens with two attached hydrogens (primary N) is 1. The first-order valence-corrected chi connectivity index (χ1v) is 27.8. The van der Waals surface area contributed by atoms with Crippen LogP contribution < -0.4 is 17.7 Å². The van der Waals surface area contributed by atoms with E-state index in [-0.39, 0.29) is 80.7 Å². The van der Waals surface area contributed by atoms with E-state index in [9.17, 15) is 43.2 Å². The standard InChI is InChI=1S/C18H23NO5.C12H14O4.C11H19NO4.C8H7BrO.C6H15N.C4H8O3.ClH/c1-12-8-15(19-9-12)18(22)23-10-13(2)17(21)24-11-16(20)14-6-4-3-5-7-14;1-9(7-13)12(15)16-8-11(14)10-5-3-2-4-6-10;1-7-5-8(9(13)14)12(6-7)10(15)16-11(2,3)4;9-6-8(10)7-4-2-1-3-5-7;1-4-7(5-2)6-3;1-3(2-5)4(6)7;/h3-7,12-13,15,19H,8-11H2,1-2H3;2-6,9,13H,7-8H2,1H3;7-8H,5-6H2,1-4H3,(H,13,14);1-5H,6H2;4-6H2,1-3H3;3,5H,2H2,1H3,(H,6,7);1H/t12-,13-,15+;9-;7-,8+;;;3-;/m001..0./s1. The number of aliphatic carboxylic acids is 2. The number of carbonyl (C=O) groups is 9. The molecule has 5 rings (SSSR count). The predicted octanol–water partition coefficient (Wildman–Crippen LogP) is 3.64. The molecule has 7 atom stereocenters. The van der Waals surface area contributed by atoms with Gasteiger partial charge in [0.25, 0.3) is 0 Å². The van der Waals surface area contributed by atoms with Gasteiger partial charge in [-0.25, -0.2) is 14.4 Å². The number of nitrogens with zero attached hydrogens (tertiary/aromatic N) is 2. The van der Waals surface area contributed by atoms with Gasteiger partial charge in [-0.15, -0.1) is 0 Å². The number of hydrogen-bond acceptors (Lipinski definition) is 16. The third kappa shape index (κ3) is 33.4. The second kappa shape index (κ2) is 42.7. The Morgan fingerprint density at radius 1 is 0.642 bits per heavy atom. The van der Waals surface area contributed by atoms with E-state index in [4.69, 9.17) is 39.4 Å². The number of likely N-dealkylation sites (tertiary alicyclic amines) is 1. The number of halogens is 2. The van der Waals surface area contributed by atoms with E-state index >= 15 is 0 Å². The lowest BCUT2D eigenvalue weighted by molar-refractivity contribution is -0.660. The minimum atomic E-state index is -0.963. The minimum Gasteiger partial charge on any atom is -1.00 e. The SMILES string of the molecule is CCN(CC)CC.C[C@@H](CO)C(=O)O.C[C@@H](CO)C(=O)OCC(=O)c1ccccc1.C[C@@H]1C[C@@H](C(=O)O)N(C(=O)OC(C)(C)C)C1.C[C@@H]1C[NH2+][C@@H](C(=O)OC[C@H](C)C(=O)OCC(=O)c2ccccc2)C1.O=C(CBr)c1ccccc1.[Cl-]. The lowest BCUT2D eigenvalue weighted by Crippen LogP contribution is -3.00. The van der Waals surface area contributed by atoms with Gasteiger partial charge in [-0.2, -0.15) is 0 Å². The molecule has 0 saturated carbocycles. The van der Waals surface area contributed by atoms with Gasteiger partial charge < -0.3 is 62.0 Å². The Morgan fingerprint density at radius 3 is 1.38 bits per heavy atom. The molecule has 3 aromatic carbocycles. The number of carboxylic acids is 2. The molecule has 2 aliphatic heterocycles. The third-order valence-electron chi connectivity index (χ3n) is 11.9. The quantitative estimate of drug-likeness (QED) is 0.0467. The van der Waals surface area contributed by atoms with Crippen LogP contribution in [0.15, 0.2) is 91.0 Å². The number of hydrogen-bond donors (Lipinski definition) is 5. The van der Waals surface area contributed by atoms with Crippen LogP contribution in [-0.2, 0) is 42.9 Å². The fourth-order valence-electron chi connectivity index (χ4n) is 6.90. The molecule has 2 saturated heterocycles. The summed E-state index contributed by atoms with van der Waals surface area (Å²) in [5.74, 6) is -4.83. The van der Waals surface area contributed by atoms with Crippen molar-refractivity contribution in [3.8, 4) is 0 Å². The summed E-state index contributed by atoms with van der Waals surface area (Å²) in [4.78, 5) is 106. The van der Waals surface area contributed by atoms with Gasteiger partial charge in [0, 0.05) is 35.6 Å². The number of aliphatic hydroxyl groups excluding tert-OH is 2. The van der Waals surface area contributed by atoms with E-state index in [0.29, 0.717) is 35.3 Å². The third-order valence-corrected chi connectivity index (χ3v) is 12.4. The lowest BCUT2D eigenvalue weighted by atomic mass is 10.1. The zero-order valence-electron chi connectivity index (χ0n) is 48.7. The average molecular weight is 1230 g/mol. The smallest absolute Gasteiger partial charge is 0.411 e. The number of ether oxygens (including phenoxy) is 4. The molecule has 1 amide bonds. The maximum absolute atomic E-state index is 11.9. The number of aliphatic hydroxyl groups is 2. The van der Waals surface area contributed by atoms with Gasteiger partial charge in [0.1, 0.15) is 18.2 Å². The van der Waals surface area contributed by atoms with Gasteiger partial charge in [-0.3, -0.25) is 33.7 Å². The summed E-state index contributed by atoms with van der Waals surface area (Å²) in [6, 6.07) is 25.5. The van der Waals surface area contributed by atoms with Crippen LogP contribution >= 0.6 is 15.9 Å². The molecule has 0 aromatic heterocycles. The molecule has 0 radical (unpaired) electrons. The maximum atomic E-state index is 11.9. The summed E-state index contributed by atoms with van der Waals surface area (Å²) in [6.45, 7) is 24.2. The number of esters is 3. The monoisotopic (exact) mass is 1220 g/mol. The Morgan fingerprint density at radius 2 is 1.06 bits per heavy atom. The molecule has 22 heteroatoms. The molecule has 2 aliphatic rings. The van der Waals surface area contributed by atoms with Crippen molar-refractivity contribution in [2.24, 2.45) is 29.6 Å². The topological polar surface area (TPSA) is 295 Å². The fraction of sp³-hybridized carbons (Fsp3) is 0.542. The van der Waals surface area contributed by atoms with E-state index in [1.165, 1.54) is 38.4 Å². The molecule has 3 aromatic rings. The summed E-state index contributed by atoms with van der Waals surface area (Å²) >= 11 is 3.10. The summed E-state index contributed by atoms with van der Waals surface area (Å²) in [5, 5.41) is 36.2. The van der Waals surface area contributed by atoms with Gasteiger partial charge in [0.2, 0.25) is 0 Å². The highest BCUT2D eigenvalue weighted by Gasteiger charge is 2.40. The molecule has 20 nitrogen and oxygen atoms in total. The Hall–Kier alpha value is -6.10. The van der Waals surface area contributed by atoms with E-state index in [1.807, 2.05) is 48.6 Å². The average Bonchev–Trinajstić information content (AvgIpc) is 4.09. The predicted molar refractivity (Wildman–Crippen MR) is 304 cm³/mol. The van der Waals surface area contributed by atoms with E-state index in [2.05, 4.69) is 48.5 Å². The summed E-state index contributed by atoms with van der Waals surface area (Å²) in [6.07, 6.45) is 0.752. The van der Waals surface area contributed by atoms with Gasteiger partial charge >= 0.3 is 35.9 Å². The van der Waals surface area contributed by atoms with Crippen molar-refractivity contribution in [2.45, 2.75) is 107 Å². The minimum absolute atomic E-state index is 0. The first-order chi connectivity index (χ1) is 37.7. The molecule has 0 unspecified atom stereocenters. The Bertz CT molecular complexity index is 2320. The fourth-order valence-corrected chi connectivity index (χ4v) is 7.22. The van der Waals surface area contributed by atoms with Crippen molar-refractivity contribution in [3.05, 3.63) is 108 Å². The Balaban J connectivity index is 0. The number of amides is 1. The highest BCUT2D eigenvalue weighted by molar-refractivity contribution is 9.09. The number of carboxylic acid groups (broad SMARTS) is 2. The number of Topliss-reactive ketones (excluding diaryl/α,β-unsaturated/α-hetero) is 3. The largest absolute Gasteiger partial charge is 1.00 e. The molecule has 2 heterocycles. The van der Waals surface area contributed by atoms with Crippen LogP contribution in [0.4, 0.5) is 4.79 Å². The first kappa shape index (κ1) is 77.0. The highest BCUT2D eigenvalue weighted by Crippen LogP contribution is 2.25. The van der Waals surface area contributed by atoms with Crippen LogP contribution in [0.3, 0.4) is 0 Å². The van der Waals surface area contributed by atoms with Crippen LogP contribution in [0.1, 0.15) is 120 Å². The highest BCUT2D eigenvalue weighted by atomic mass is 79.9. The number of rotatable bonds is 20. The summed E-state index contributed by atoms with van der Waals surface area (Å²) < 4.78 is 20.1. The van der Waals surface area contributed by atoms with Crippen molar-refractivity contribution in [2.75, 3.05) is 71.1 Å². The molecular weight excluding hydrogens is 1140 g/mol. The molecule has 0 aliphatic carbocycles. The number of ketones is 3. The van der Waals surface area contributed by atoms with Gasteiger partial charge in [-0.1, -0.05) is 142 Å². The van der Waals surface area contributed by atoms with E-state index in [1.54, 1.807) is 82.3 Å². The Kier molecular flexibility index (Phi) is 40.6. The summed E-state index contributed by atoms with van der Waals surface area (Å²) in [5.41, 5.74) is 1.17. The van der Waals surface area contributed by atoms with Crippen molar-refractivity contribution < 1.29 is 100 Å². The lowest BCUT2D eigenvalue weighted by Gasteiger charge is -2.26. The molecule has 81 heavy (non-hydrogen) atoms. The first-order valence-electron chi connectivity index (χ1n) is 26.7. The van der Waals surface area contributed by atoms with Crippen LogP contribution in [0.25, 0.3) is 0 Å². The van der Waals surface area contributed by atoms with Crippen molar-refractivity contribution >= 4 is 69.2 Å². The maximum Gasteiger partial charge on any atom is 0.411 e. The normalized spacial score (nSPS) is 16.9. The molecule has 6 N–H and O–H groups in total. The van der Waals surface area contributed by atoms with E-state index < -0.39 is 59.4 Å². The van der Waals surface area contributed by atoms with Crippen molar-refractivity contribution in [1.29, 1.82) is 0 Å². The van der Waals surface area contributed by atoms with E-state index in [0.717, 1.165) is 18.5 Å². The molecule has 454 valence electrons. The van der Waals surface area contributed by atoms with Gasteiger partial charge in [0.05, 0.1) is 42.8 Å². The van der Waals surface area contributed by atoms with Crippen molar-refractivity contribution in [3.63, 3.8) is 0 Å². The van der Waals surface area contributed by atoms with Crippen LogP contribution in [0, 0.1) is 29.6 Å². The van der Waals surface area contributed by atoms with Gasteiger partial charge in [-0.05, 0) is 73.5 Å². The second-order valence-electron chi connectivity index (χ2n) is 20.1. The zero-order chi connectivity index (χ0) is 61.0. The number of benzene rings is 3. The number of carbonyl (C=O) groups excluding carboxylic acids is 7. The molecule has 0 bridgehead atoms.